The summed E-state index contributed by atoms with van der Waals surface area (Å²) in [5.41, 5.74) is 17.2. The number of H-pyrrole nitrogens is 1. The summed E-state index contributed by atoms with van der Waals surface area (Å²) in [6.45, 7) is 0.929. The van der Waals surface area contributed by atoms with Crippen molar-refractivity contribution < 1.29 is 53.7 Å². The number of aromatic amines is 1. The van der Waals surface area contributed by atoms with Gasteiger partial charge in [0.2, 0.25) is 35.4 Å². The molecule has 0 aliphatic carbocycles. The Morgan fingerprint density at radius 3 is 2.18 bits per heavy atom. The third-order valence-electron chi connectivity index (χ3n) is 9.08. The van der Waals surface area contributed by atoms with E-state index in [4.69, 9.17) is 17.2 Å². The molecule has 23 nitrogen and oxygen atoms in total. The van der Waals surface area contributed by atoms with E-state index >= 15 is 0 Å². The highest BCUT2D eigenvalue weighted by atomic mass is 16.4. The van der Waals surface area contributed by atoms with Crippen LogP contribution in [0.2, 0.25) is 0 Å². The van der Waals surface area contributed by atoms with E-state index in [9.17, 15) is 53.7 Å². The fourth-order valence-corrected chi connectivity index (χ4v) is 6.29. The van der Waals surface area contributed by atoms with E-state index in [1.807, 2.05) is 0 Å². The third kappa shape index (κ3) is 12.9. The van der Waals surface area contributed by atoms with E-state index in [-0.39, 0.29) is 57.7 Å². The van der Waals surface area contributed by atoms with E-state index in [1.54, 1.807) is 0 Å². The number of nitrogens with zero attached hydrogens (tertiary/aromatic N) is 4. The molecule has 2 saturated heterocycles. The predicted molar refractivity (Wildman–Crippen MR) is 190 cm³/mol. The molecule has 3 heterocycles. The van der Waals surface area contributed by atoms with Crippen LogP contribution in [0, 0.1) is 0 Å². The van der Waals surface area contributed by atoms with Gasteiger partial charge in [0.25, 0.3) is 0 Å². The van der Waals surface area contributed by atoms with Gasteiger partial charge in [0.15, 0.2) is 12.0 Å². The van der Waals surface area contributed by atoms with Crippen molar-refractivity contribution in [2.45, 2.75) is 101 Å². The Kier molecular flexibility index (Phi) is 16.3. The zero-order chi connectivity index (χ0) is 40.8. The topological polar surface area (TPSA) is 371 Å². The Morgan fingerprint density at radius 1 is 0.945 bits per heavy atom. The van der Waals surface area contributed by atoms with Crippen LogP contribution in [0.25, 0.3) is 0 Å². The fraction of sp³-hybridized carbons (Fsp3) is 0.625. The molecule has 2 fully saturated rings. The van der Waals surface area contributed by atoms with Gasteiger partial charge in [-0.2, -0.15) is 0 Å². The van der Waals surface area contributed by atoms with Gasteiger partial charge in [0.1, 0.15) is 24.2 Å². The maximum absolute atomic E-state index is 13.5. The molecule has 2 aliphatic heterocycles. The molecular formula is C32H50N12O11. The minimum atomic E-state index is -1.66. The molecular weight excluding hydrogens is 728 g/mol. The van der Waals surface area contributed by atoms with Crippen LogP contribution in [0.5, 0.6) is 0 Å². The Bertz CT molecular complexity index is 1580. The van der Waals surface area contributed by atoms with E-state index in [0.29, 0.717) is 18.5 Å². The lowest BCUT2D eigenvalue weighted by molar-refractivity contribution is -0.146. The summed E-state index contributed by atoms with van der Waals surface area (Å²) < 4.78 is 0. The lowest BCUT2D eigenvalue weighted by Crippen LogP contribution is -2.58. The van der Waals surface area contributed by atoms with E-state index in [1.165, 1.54) is 24.3 Å². The minimum Gasteiger partial charge on any atom is -0.481 e. The van der Waals surface area contributed by atoms with Crippen molar-refractivity contribution >= 4 is 53.3 Å². The highest BCUT2D eigenvalue weighted by Gasteiger charge is 2.40. The number of aromatic nitrogens is 2. The van der Waals surface area contributed by atoms with E-state index in [0.717, 1.165) is 4.90 Å². The molecule has 0 radical (unpaired) electrons. The Hall–Kier alpha value is -5.84. The number of aliphatic hydroxyl groups excluding tert-OH is 1. The van der Waals surface area contributed by atoms with Crippen molar-refractivity contribution in [3.63, 3.8) is 0 Å². The van der Waals surface area contributed by atoms with Crippen molar-refractivity contribution in [3.05, 3.63) is 18.2 Å². The second kappa shape index (κ2) is 20.6. The molecule has 304 valence electrons. The number of carboxylic acid groups (broad SMARTS) is 2. The number of aliphatic carboxylic acids is 2. The lowest BCUT2D eigenvalue weighted by Gasteiger charge is -2.29. The number of hydrogen-bond donors (Lipinski definition) is 11. The second-order valence-corrected chi connectivity index (χ2v) is 13.3. The number of guanidine groups is 1. The van der Waals surface area contributed by atoms with Gasteiger partial charge in [-0.1, -0.05) is 0 Å². The number of carbonyl (C=O) groups excluding carboxylic acids is 6. The van der Waals surface area contributed by atoms with Gasteiger partial charge in [0.05, 0.1) is 31.4 Å². The first-order chi connectivity index (χ1) is 26.0. The number of amides is 6. The molecule has 55 heavy (non-hydrogen) atoms. The maximum atomic E-state index is 13.5. The van der Waals surface area contributed by atoms with E-state index < -0.39 is 103 Å². The summed E-state index contributed by atoms with van der Waals surface area (Å²) in [5, 5.41) is 38.3. The van der Waals surface area contributed by atoms with Crippen LogP contribution in [0.3, 0.4) is 0 Å². The molecule has 6 amide bonds. The first-order valence-electron chi connectivity index (χ1n) is 17.7. The van der Waals surface area contributed by atoms with Gasteiger partial charge in [-0.3, -0.25) is 38.6 Å². The van der Waals surface area contributed by atoms with Crippen LogP contribution < -0.4 is 38.5 Å². The normalized spacial score (nSPS) is 19.3. The molecule has 1 aromatic heterocycles. The molecule has 1 aromatic rings. The van der Waals surface area contributed by atoms with Crippen LogP contribution >= 0.6 is 0 Å². The van der Waals surface area contributed by atoms with Crippen LogP contribution in [-0.4, -0.2) is 157 Å². The number of aliphatic hydroxyl groups is 1. The Balaban J connectivity index is 1.63. The van der Waals surface area contributed by atoms with Crippen molar-refractivity contribution in [1.29, 1.82) is 0 Å². The van der Waals surface area contributed by atoms with Crippen LogP contribution in [0.1, 0.15) is 57.6 Å². The summed E-state index contributed by atoms with van der Waals surface area (Å²) in [4.78, 5) is 115. The summed E-state index contributed by atoms with van der Waals surface area (Å²) in [6, 6.07) is -7.75. The number of aliphatic imine (C=N–C) groups is 1. The number of hydrogen-bond acceptors (Lipinski definition) is 12. The smallest absolute Gasteiger partial charge is 0.328 e. The standard InChI is InChI=1S/C32H50N12O11/c1-16(45)25(31(54)55)42-27(50)19(5-2-8-37-32(34)35)40-29(52)22-7-3-9-43(22)23(46)14-38-28(51)21-6-4-10-44(21)30(53)20(12-24(47)48)41-26(49)18(33)11-17-13-36-15-39-17/h13,15-16,18-22,25,45H,2-12,14,33H2,1H3,(H,36,39)(H,38,51)(H,40,52)(H,41,49)(H,42,50)(H,47,48)(H,54,55)(H4,34,35,37)/t16-,18+,19+,20+,21+,22+,25+/m1/s1. The largest absolute Gasteiger partial charge is 0.481 e. The van der Waals surface area contributed by atoms with Crippen molar-refractivity contribution in [2.24, 2.45) is 22.2 Å². The van der Waals surface area contributed by atoms with Crippen molar-refractivity contribution in [1.82, 2.24) is 41.0 Å². The van der Waals surface area contributed by atoms with Gasteiger partial charge >= 0.3 is 11.9 Å². The quantitative estimate of drug-likeness (QED) is 0.0335. The first kappa shape index (κ1) is 43.6. The van der Waals surface area contributed by atoms with Gasteiger partial charge in [-0.15, -0.1) is 0 Å². The average molecular weight is 779 g/mol. The number of imidazole rings is 1. The Labute approximate surface area is 315 Å². The van der Waals surface area contributed by atoms with Crippen molar-refractivity contribution in [3.8, 4) is 0 Å². The monoisotopic (exact) mass is 778 g/mol. The van der Waals surface area contributed by atoms with Gasteiger partial charge < -0.3 is 68.6 Å². The summed E-state index contributed by atoms with van der Waals surface area (Å²) in [7, 11) is 0. The van der Waals surface area contributed by atoms with E-state index in [2.05, 4.69) is 36.2 Å². The number of rotatable bonds is 20. The molecule has 23 heteroatoms. The number of nitrogens with one attached hydrogen (secondary N) is 5. The van der Waals surface area contributed by atoms with Crippen LogP contribution in [0.4, 0.5) is 0 Å². The maximum Gasteiger partial charge on any atom is 0.328 e. The predicted octanol–water partition coefficient (Wildman–Crippen LogP) is -5.17. The zero-order valence-electron chi connectivity index (χ0n) is 30.3. The summed E-state index contributed by atoms with van der Waals surface area (Å²) in [5.74, 6) is -7.63. The van der Waals surface area contributed by atoms with Gasteiger partial charge in [-0.25, -0.2) is 9.78 Å². The van der Waals surface area contributed by atoms with Gasteiger partial charge in [-0.05, 0) is 45.4 Å². The highest BCUT2D eigenvalue weighted by Crippen LogP contribution is 2.21. The molecule has 0 bridgehead atoms. The van der Waals surface area contributed by atoms with Gasteiger partial charge in [0, 0.05) is 37.9 Å². The number of likely N-dealkylation sites (tertiary alicyclic amines) is 2. The molecule has 7 atom stereocenters. The SMILES string of the molecule is C[C@@H](O)[C@H](NC(=O)[C@H](CCCN=C(N)N)NC(=O)[C@@H]1CCCN1C(=O)CNC(=O)[C@@H]1CCCN1C(=O)[C@H](CC(=O)O)NC(=O)[C@@H](N)Cc1cnc[nH]1)C(=O)O. The highest BCUT2D eigenvalue weighted by molar-refractivity contribution is 5.97. The molecule has 0 aromatic carbocycles. The zero-order valence-corrected chi connectivity index (χ0v) is 30.3. The summed E-state index contributed by atoms with van der Waals surface area (Å²) in [6.07, 6.45) is 2.03. The van der Waals surface area contributed by atoms with Crippen LogP contribution in [-0.2, 0) is 44.8 Å². The second-order valence-electron chi connectivity index (χ2n) is 13.3. The lowest BCUT2D eigenvalue weighted by atomic mass is 10.1. The van der Waals surface area contributed by atoms with Crippen molar-refractivity contribution in [2.75, 3.05) is 26.2 Å². The minimum absolute atomic E-state index is 0.0250. The molecule has 3 rings (SSSR count). The summed E-state index contributed by atoms with van der Waals surface area (Å²) >= 11 is 0. The molecule has 0 saturated carbocycles. The molecule has 14 N–H and O–H groups in total. The number of carbonyl (C=O) groups is 8. The number of nitrogens with two attached hydrogens (primary N) is 3. The fourth-order valence-electron chi connectivity index (χ4n) is 6.29. The average Bonchev–Trinajstić information content (AvgIpc) is 3.92. The molecule has 2 aliphatic rings. The third-order valence-corrected chi connectivity index (χ3v) is 9.08. The Morgan fingerprint density at radius 2 is 1.60 bits per heavy atom. The molecule has 0 unspecified atom stereocenters. The van der Waals surface area contributed by atoms with Crippen LogP contribution in [0.15, 0.2) is 17.5 Å². The molecule has 0 spiro atoms. The number of carboxylic acids is 2. The first-order valence-corrected chi connectivity index (χ1v) is 17.7.